The van der Waals surface area contributed by atoms with Gasteiger partial charge in [0.25, 0.3) is 0 Å². The summed E-state index contributed by atoms with van der Waals surface area (Å²) in [7, 11) is 0. The van der Waals surface area contributed by atoms with Gasteiger partial charge in [-0.1, -0.05) is 0 Å². The predicted octanol–water partition coefficient (Wildman–Crippen LogP) is 1.05. The molecule has 0 fully saturated rings. The van der Waals surface area contributed by atoms with E-state index >= 15 is 0 Å². The van der Waals surface area contributed by atoms with E-state index in [1.54, 1.807) is 0 Å². The van der Waals surface area contributed by atoms with Gasteiger partial charge in [-0.25, -0.2) is 4.39 Å². The molecule has 0 spiro atoms. The Labute approximate surface area is 36.9 Å². The summed E-state index contributed by atoms with van der Waals surface area (Å²) in [5, 5.41) is 0. The van der Waals surface area contributed by atoms with Crippen LogP contribution in [0.5, 0.6) is 0 Å². The van der Waals surface area contributed by atoms with E-state index in [1.807, 2.05) is 6.92 Å². The van der Waals surface area contributed by atoms with Crippen LogP contribution in [0.25, 0.3) is 0 Å². The highest BCUT2D eigenvalue weighted by molar-refractivity contribution is 5.57. The fourth-order valence-electron chi connectivity index (χ4n) is 0.178. The average Bonchev–Trinajstić information content (AvgIpc) is 1.61. The van der Waals surface area contributed by atoms with Crippen LogP contribution in [-0.2, 0) is 0 Å². The highest BCUT2D eigenvalue weighted by Crippen LogP contribution is 1.62. The molecule has 0 rings (SSSR count). The van der Waals surface area contributed by atoms with Gasteiger partial charge >= 0.3 is 0 Å². The average molecular weight is 88.1 g/mol. The van der Waals surface area contributed by atoms with Crippen LogP contribution in [0.4, 0.5) is 4.39 Å². The number of halogens is 1. The third kappa shape index (κ3) is 3.60. The van der Waals surface area contributed by atoms with Crippen molar-refractivity contribution in [2.45, 2.75) is 6.92 Å². The third-order valence-corrected chi connectivity index (χ3v) is 0.381. The molecule has 36 valence electrons. The van der Waals surface area contributed by atoms with Crippen molar-refractivity contribution in [3.05, 3.63) is 0 Å². The third-order valence-electron chi connectivity index (χ3n) is 0.381. The fourth-order valence-corrected chi connectivity index (χ4v) is 0.178. The molecule has 0 N–H and O–H groups in total. The van der Waals surface area contributed by atoms with Crippen molar-refractivity contribution in [1.82, 2.24) is 0 Å². The van der Waals surface area contributed by atoms with Crippen LogP contribution in [0, 0.1) is 0 Å². The lowest BCUT2D eigenvalue weighted by molar-refractivity contribution is 0.587. The van der Waals surface area contributed by atoms with Gasteiger partial charge in [0, 0.05) is 12.8 Å². The second-order valence-corrected chi connectivity index (χ2v) is 0.836. The molecule has 0 amide bonds. The molecule has 0 aliphatic rings. The molecule has 2 heteroatoms. The highest BCUT2D eigenvalue weighted by Gasteiger charge is 1.62. The SMILES string of the molecule is CCN=CC[18F]. The van der Waals surface area contributed by atoms with Crippen LogP contribution in [0.15, 0.2) is 4.99 Å². The van der Waals surface area contributed by atoms with Crippen LogP contribution in [0.3, 0.4) is 0 Å². The lowest BCUT2D eigenvalue weighted by Crippen LogP contribution is -1.74. The summed E-state index contributed by atoms with van der Waals surface area (Å²) in [6, 6.07) is 0. The van der Waals surface area contributed by atoms with Crippen molar-refractivity contribution in [1.29, 1.82) is 0 Å². The molecule has 0 atom stereocenters. The van der Waals surface area contributed by atoms with Gasteiger partial charge in [-0.3, -0.25) is 4.99 Å². The Bertz CT molecular complexity index is 36.8. The summed E-state index contributed by atoms with van der Waals surface area (Å²) in [5.74, 6) is 0. The first-order valence-electron chi connectivity index (χ1n) is 1.96. The van der Waals surface area contributed by atoms with E-state index in [4.69, 9.17) is 0 Å². The first-order chi connectivity index (χ1) is 2.91. The van der Waals surface area contributed by atoms with Gasteiger partial charge in [0.05, 0.1) is 0 Å². The zero-order valence-electron chi connectivity index (χ0n) is 3.82. The molecule has 0 aliphatic heterocycles. The van der Waals surface area contributed by atoms with Crippen molar-refractivity contribution < 1.29 is 4.39 Å². The summed E-state index contributed by atoms with van der Waals surface area (Å²) >= 11 is 0. The fraction of sp³-hybridized carbons (Fsp3) is 0.750. The maximum absolute atomic E-state index is 11.0. The molecule has 0 saturated heterocycles. The van der Waals surface area contributed by atoms with Gasteiger partial charge in [0.1, 0.15) is 6.67 Å². The van der Waals surface area contributed by atoms with Crippen molar-refractivity contribution in [3.8, 4) is 0 Å². The van der Waals surface area contributed by atoms with Gasteiger partial charge in [-0.15, -0.1) is 0 Å². The maximum atomic E-state index is 11.0. The van der Waals surface area contributed by atoms with Crippen molar-refractivity contribution >= 4 is 6.21 Å². The summed E-state index contributed by atoms with van der Waals surface area (Å²) in [4.78, 5) is 3.59. The molecule has 0 aliphatic carbocycles. The van der Waals surface area contributed by atoms with Crippen molar-refractivity contribution in [2.75, 3.05) is 13.2 Å². The molecular weight excluding hydrogens is 80.1 g/mol. The number of hydrogen-bond acceptors (Lipinski definition) is 1. The molecule has 0 aromatic heterocycles. The van der Waals surface area contributed by atoms with E-state index in [2.05, 4.69) is 4.99 Å². The topological polar surface area (TPSA) is 12.4 Å². The maximum Gasteiger partial charge on any atom is 0.124 e. The van der Waals surface area contributed by atoms with E-state index in [0.29, 0.717) is 6.54 Å². The summed E-state index contributed by atoms with van der Waals surface area (Å²) in [5.41, 5.74) is 0. The smallest absolute Gasteiger partial charge is 0.124 e. The van der Waals surface area contributed by atoms with Crippen LogP contribution >= 0.6 is 0 Å². The molecule has 1 nitrogen and oxygen atoms in total. The molecule has 0 aromatic carbocycles. The van der Waals surface area contributed by atoms with Gasteiger partial charge in [0.2, 0.25) is 0 Å². The van der Waals surface area contributed by atoms with Gasteiger partial charge in [0.15, 0.2) is 0 Å². The number of rotatable bonds is 2. The molecule has 0 aromatic rings. The molecule has 0 radical (unpaired) electrons. The quantitative estimate of drug-likeness (QED) is 0.447. The standard InChI is InChI=1S/C4H8FN/c1-2-6-4-3-5/h4H,2-3H2,1H3/i5-1. The van der Waals surface area contributed by atoms with E-state index in [9.17, 15) is 4.39 Å². The monoisotopic (exact) mass is 88.1 g/mol. The molecule has 6 heavy (non-hydrogen) atoms. The van der Waals surface area contributed by atoms with Crippen LogP contribution in [0.2, 0.25) is 0 Å². The Morgan fingerprint density at radius 1 is 1.83 bits per heavy atom. The molecular formula is C4H8FN. The minimum Gasteiger partial charge on any atom is -0.295 e. The van der Waals surface area contributed by atoms with Crippen LogP contribution in [-0.4, -0.2) is 19.4 Å². The molecule has 0 saturated carbocycles. The highest BCUT2D eigenvalue weighted by atomic mass is 18.2. The van der Waals surface area contributed by atoms with E-state index in [1.165, 1.54) is 6.21 Å². The van der Waals surface area contributed by atoms with E-state index in [0.717, 1.165) is 0 Å². The second-order valence-electron chi connectivity index (χ2n) is 0.836. The zero-order chi connectivity index (χ0) is 4.83. The molecule has 0 unspecified atom stereocenters. The Balaban J connectivity index is 2.73. The van der Waals surface area contributed by atoms with Crippen molar-refractivity contribution in [2.24, 2.45) is 4.99 Å². The number of nitrogens with zero attached hydrogens (tertiary/aromatic N) is 1. The zero-order valence-corrected chi connectivity index (χ0v) is 3.82. The van der Waals surface area contributed by atoms with Gasteiger partial charge < -0.3 is 0 Å². The van der Waals surface area contributed by atoms with Crippen molar-refractivity contribution in [3.63, 3.8) is 0 Å². The second kappa shape index (κ2) is 4.60. The normalized spacial score (nSPS) is 10.3. The Kier molecular flexibility index (Phi) is 4.29. The number of aliphatic imine (C=N–C) groups is 1. The molecule has 0 bridgehead atoms. The Hall–Kier alpha value is -0.400. The van der Waals surface area contributed by atoms with Crippen LogP contribution < -0.4 is 0 Å². The summed E-state index contributed by atoms with van der Waals surface area (Å²) in [6.45, 7) is 2.12. The summed E-state index contributed by atoms with van der Waals surface area (Å²) in [6.07, 6.45) is 1.26. The van der Waals surface area contributed by atoms with E-state index in [-0.39, 0.29) is 0 Å². The van der Waals surface area contributed by atoms with Crippen LogP contribution in [0.1, 0.15) is 6.92 Å². The van der Waals surface area contributed by atoms with Gasteiger partial charge in [-0.2, -0.15) is 0 Å². The minimum absolute atomic E-state index is 0.437. The first kappa shape index (κ1) is 5.60. The lowest BCUT2D eigenvalue weighted by atomic mass is 10.7. The number of hydrogen-bond donors (Lipinski definition) is 0. The van der Waals surface area contributed by atoms with E-state index < -0.39 is 6.67 Å². The van der Waals surface area contributed by atoms with Gasteiger partial charge in [-0.05, 0) is 6.92 Å². The minimum atomic E-state index is -0.437. The summed E-state index contributed by atoms with van der Waals surface area (Å²) < 4.78 is 11.0. The number of alkyl halides is 1. The molecule has 0 heterocycles. The largest absolute Gasteiger partial charge is 0.295 e. The predicted molar refractivity (Wildman–Crippen MR) is 25.0 cm³/mol. The lowest BCUT2D eigenvalue weighted by Gasteiger charge is -1.72. The Morgan fingerprint density at radius 3 is 2.67 bits per heavy atom. The Morgan fingerprint density at radius 2 is 2.50 bits per heavy atom. The first-order valence-corrected chi connectivity index (χ1v) is 1.96.